The van der Waals surface area contributed by atoms with Crippen LogP contribution in [0.2, 0.25) is 0 Å². The molecule has 1 aliphatic rings. The standard InChI is InChI=1S/C16H18N2O4/c1-10-3-2-4-12(19)15(10)16(21)18-7-5-11(6-8-18)13-9-14(20)17-22-13/h2-4,9,11,19H,5-8H2,1H3,(H,17,20). The van der Waals surface area contributed by atoms with Crippen LogP contribution in [0.25, 0.3) is 0 Å². The number of benzene rings is 1. The summed E-state index contributed by atoms with van der Waals surface area (Å²) >= 11 is 0. The number of nitrogens with one attached hydrogen (secondary N) is 1. The van der Waals surface area contributed by atoms with Crippen molar-refractivity contribution in [3.05, 3.63) is 51.5 Å². The lowest BCUT2D eigenvalue weighted by Crippen LogP contribution is -2.38. The van der Waals surface area contributed by atoms with E-state index in [2.05, 4.69) is 5.16 Å². The minimum atomic E-state index is -0.238. The molecule has 1 fully saturated rings. The highest BCUT2D eigenvalue weighted by atomic mass is 16.5. The predicted molar refractivity (Wildman–Crippen MR) is 80.1 cm³/mol. The number of phenols is 1. The number of carbonyl (C=O) groups is 1. The van der Waals surface area contributed by atoms with E-state index in [4.69, 9.17) is 4.52 Å². The first-order valence-corrected chi connectivity index (χ1v) is 7.32. The fraction of sp³-hybridized carbons (Fsp3) is 0.375. The molecule has 6 heteroatoms. The van der Waals surface area contributed by atoms with Gasteiger partial charge in [-0.3, -0.25) is 9.59 Å². The van der Waals surface area contributed by atoms with Crippen molar-refractivity contribution < 1.29 is 14.4 Å². The van der Waals surface area contributed by atoms with Crippen molar-refractivity contribution in [3.8, 4) is 5.75 Å². The maximum absolute atomic E-state index is 12.6. The molecule has 3 rings (SSSR count). The number of hydrogen-bond donors (Lipinski definition) is 2. The zero-order chi connectivity index (χ0) is 15.7. The summed E-state index contributed by atoms with van der Waals surface area (Å²) in [6.45, 7) is 2.96. The van der Waals surface area contributed by atoms with Crippen LogP contribution in [0, 0.1) is 6.92 Å². The van der Waals surface area contributed by atoms with Crippen LogP contribution in [-0.4, -0.2) is 34.2 Å². The Kier molecular flexibility index (Phi) is 3.75. The van der Waals surface area contributed by atoms with Gasteiger partial charge in [0.25, 0.3) is 11.5 Å². The van der Waals surface area contributed by atoms with Crippen molar-refractivity contribution in [1.82, 2.24) is 10.1 Å². The van der Waals surface area contributed by atoms with Crippen molar-refractivity contribution in [2.75, 3.05) is 13.1 Å². The highest BCUT2D eigenvalue weighted by Crippen LogP contribution is 2.29. The normalized spacial score (nSPS) is 16.0. The zero-order valence-corrected chi connectivity index (χ0v) is 12.3. The molecule has 0 bridgehead atoms. The first-order valence-electron chi connectivity index (χ1n) is 7.32. The molecule has 1 saturated heterocycles. The second-order valence-corrected chi connectivity index (χ2v) is 5.65. The molecule has 1 aromatic carbocycles. The predicted octanol–water partition coefficient (Wildman–Crippen LogP) is 2.00. The quantitative estimate of drug-likeness (QED) is 0.888. The number of rotatable bonds is 2. The van der Waals surface area contributed by atoms with E-state index in [0.717, 1.165) is 18.4 Å². The molecule has 0 unspecified atom stereocenters. The molecule has 2 aromatic rings. The summed E-state index contributed by atoms with van der Waals surface area (Å²) in [6.07, 6.45) is 1.47. The monoisotopic (exact) mass is 302 g/mol. The van der Waals surface area contributed by atoms with Gasteiger partial charge in [0.1, 0.15) is 11.5 Å². The van der Waals surface area contributed by atoms with E-state index in [1.54, 1.807) is 11.0 Å². The number of likely N-dealkylation sites (tertiary alicyclic amines) is 1. The van der Waals surface area contributed by atoms with Crippen molar-refractivity contribution in [3.63, 3.8) is 0 Å². The zero-order valence-electron chi connectivity index (χ0n) is 12.3. The van der Waals surface area contributed by atoms with Crippen LogP contribution in [0.4, 0.5) is 0 Å². The Balaban J connectivity index is 1.71. The topological polar surface area (TPSA) is 86.5 Å². The first kappa shape index (κ1) is 14.4. The molecular formula is C16H18N2O4. The highest BCUT2D eigenvalue weighted by molar-refractivity contribution is 5.98. The number of aromatic amines is 1. The number of aromatic hydroxyl groups is 1. The molecule has 1 amide bonds. The Morgan fingerprint density at radius 2 is 2.09 bits per heavy atom. The van der Waals surface area contributed by atoms with E-state index in [9.17, 15) is 14.7 Å². The van der Waals surface area contributed by atoms with Crippen LogP contribution in [-0.2, 0) is 0 Å². The highest BCUT2D eigenvalue weighted by Gasteiger charge is 2.28. The Hall–Kier alpha value is -2.50. The third-order valence-electron chi connectivity index (χ3n) is 4.19. The average Bonchev–Trinajstić information content (AvgIpc) is 2.94. The van der Waals surface area contributed by atoms with Crippen LogP contribution < -0.4 is 5.56 Å². The summed E-state index contributed by atoms with van der Waals surface area (Å²) in [4.78, 5) is 25.4. The minimum absolute atomic E-state index is 0.0174. The SMILES string of the molecule is Cc1cccc(O)c1C(=O)N1CCC(c2cc(=O)[nH]o2)CC1. The summed E-state index contributed by atoms with van der Waals surface area (Å²) < 4.78 is 5.14. The number of carbonyl (C=O) groups excluding carboxylic acids is 1. The largest absolute Gasteiger partial charge is 0.507 e. The fourth-order valence-corrected chi connectivity index (χ4v) is 2.95. The molecule has 2 N–H and O–H groups in total. The van der Waals surface area contributed by atoms with Crippen molar-refractivity contribution in [2.24, 2.45) is 0 Å². The molecule has 0 spiro atoms. The van der Waals surface area contributed by atoms with Crippen molar-refractivity contribution >= 4 is 5.91 Å². The van der Waals surface area contributed by atoms with Gasteiger partial charge in [0.15, 0.2) is 0 Å². The van der Waals surface area contributed by atoms with Crippen molar-refractivity contribution in [2.45, 2.75) is 25.7 Å². The lowest BCUT2D eigenvalue weighted by molar-refractivity contribution is 0.0702. The molecule has 1 aliphatic heterocycles. The Bertz CT molecular complexity index is 718. The average molecular weight is 302 g/mol. The number of phenolic OH excluding ortho intramolecular Hbond substituents is 1. The van der Waals surface area contributed by atoms with Crippen LogP contribution in [0.5, 0.6) is 5.75 Å². The number of aromatic nitrogens is 1. The molecule has 0 saturated carbocycles. The molecule has 6 nitrogen and oxygen atoms in total. The number of H-pyrrole nitrogens is 1. The number of nitrogens with zero attached hydrogens (tertiary/aromatic N) is 1. The van der Waals surface area contributed by atoms with Gasteiger partial charge >= 0.3 is 0 Å². The molecule has 22 heavy (non-hydrogen) atoms. The second-order valence-electron chi connectivity index (χ2n) is 5.65. The maximum Gasteiger partial charge on any atom is 0.280 e. The molecule has 2 heterocycles. The Morgan fingerprint density at radius 3 is 2.68 bits per heavy atom. The van der Waals surface area contributed by atoms with Crippen LogP contribution in [0.15, 0.2) is 33.6 Å². The van der Waals surface area contributed by atoms with Crippen LogP contribution in [0.3, 0.4) is 0 Å². The summed E-state index contributed by atoms with van der Waals surface area (Å²) in [7, 11) is 0. The molecule has 1 aromatic heterocycles. The van der Waals surface area contributed by atoms with Gasteiger partial charge < -0.3 is 14.5 Å². The van der Waals surface area contributed by atoms with Gasteiger partial charge in [-0.25, -0.2) is 0 Å². The molecule has 116 valence electrons. The molecule has 0 aliphatic carbocycles. The maximum atomic E-state index is 12.6. The summed E-state index contributed by atoms with van der Waals surface area (Å²) in [6, 6.07) is 6.53. The van der Waals surface area contributed by atoms with Gasteiger partial charge in [0.2, 0.25) is 0 Å². The Labute approximate surface area is 127 Å². The fourth-order valence-electron chi connectivity index (χ4n) is 2.95. The van der Waals surface area contributed by atoms with Gasteiger partial charge in [-0.2, -0.15) is 5.16 Å². The smallest absolute Gasteiger partial charge is 0.280 e. The third kappa shape index (κ3) is 2.64. The minimum Gasteiger partial charge on any atom is -0.507 e. The van der Waals surface area contributed by atoms with E-state index in [1.165, 1.54) is 12.1 Å². The van der Waals surface area contributed by atoms with Gasteiger partial charge in [-0.05, 0) is 31.4 Å². The van der Waals surface area contributed by atoms with Crippen molar-refractivity contribution in [1.29, 1.82) is 0 Å². The van der Waals surface area contributed by atoms with E-state index in [0.29, 0.717) is 24.4 Å². The summed E-state index contributed by atoms with van der Waals surface area (Å²) in [5.41, 5.74) is 0.899. The van der Waals surface area contributed by atoms with Crippen LogP contribution >= 0.6 is 0 Å². The lowest BCUT2D eigenvalue weighted by Gasteiger charge is -2.31. The summed E-state index contributed by atoms with van der Waals surface area (Å²) in [5.74, 6) is 0.664. The lowest BCUT2D eigenvalue weighted by atomic mass is 9.93. The van der Waals surface area contributed by atoms with Crippen LogP contribution in [0.1, 0.15) is 40.4 Å². The van der Waals surface area contributed by atoms with Gasteiger partial charge in [0.05, 0.1) is 5.56 Å². The van der Waals surface area contributed by atoms with Gasteiger partial charge in [-0.1, -0.05) is 12.1 Å². The number of amides is 1. The number of hydrogen-bond acceptors (Lipinski definition) is 4. The van der Waals surface area contributed by atoms with Gasteiger partial charge in [0, 0.05) is 25.1 Å². The first-order chi connectivity index (χ1) is 10.6. The second kappa shape index (κ2) is 5.71. The third-order valence-corrected chi connectivity index (χ3v) is 4.19. The number of piperidine rings is 1. The Morgan fingerprint density at radius 1 is 1.36 bits per heavy atom. The van der Waals surface area contributed by atoms with Gasteiger partial charge in [-0.15, -0.1) is 0 Å². The van der Waals surface area contributed by atoms with E-state index in [1.807, 2.05) is 13.0 Å². The van der Waals surface area contributed by atoms with E-state index < -0.39 is 0 Å². The van der Waals surface area contributed by atoms with E-state index in [-0.39, 0.29) is 23.1 Å². The summed E-state index contributed by atoms with van der Waals surface area (Å²) in [5, 5.41) is 12.2. The molecule has 0 atom stereocenters. The molecular weight excluding hydrogens is 284 g/mol. The van der Waals surface area contributed by atoms with E-state index >= 15 is 0 Å². The molecule has 0 radical (unpaired) electrons. The number of aryl methyl sites for hydroxylation is 1.